The van der Waals surface area contributed by atoms with Gasteiger partial charge in [0.05, 0.1) is 16.6 Å². The van der Waals surface area contributed by atoms with Gasteiger partial charge in [0, 0.05) is 10.7 Å². The molecule has 2 aromatic carbocycles. The van der Waals surface area contributed by atoms with Crippen molar-refractivity contribution in [3.05, 3.63) is 58.4 Å². The van der Waals surface area contributed by atoms with Crippen LogP contribution in [0.3, 0.4) is 0 Å². The van der Waals surface area contributed by atoms with Gasteiger partial charge in [0.1, 0.15) is 5.82 Å². The van der Waals surface area contributed by atoms with E-state index in [0.717, 1.165) is 22.6 Å². The van der Waals surface area contributed by atoms with Crippen molar-refractivity contribution in [2.45, 2.75) is 13.8 Å². The van der Waals surface area contributed by atoms with Crippen LogP contribution >= 0.6 is 11.6 Å². The minimum Gasteiger partial charge on any atom is -0.478 e. The van der Waals surface area contributed by atoms with E-state index in [1.54, 1.807) is 18.2 Å². The second-order valence-electron chi connectivity index (χ2n) is 4.94. The Labute approximate surface area is 126 Å². The average molecular weight is 301 g/mol. The molecule has 0 unspecified atom stereocenters. The SMILES string of the molecule is Cc1ccc(-n2c(C)nc3cc(C(=O)O)ccc32)cc1Cl. The summed E-state index contributed by atoms with van der Waals surface area (Å²) in [7, 11) is 0. The van der Waals surface area contributed by atoms with Crippen molar-refractivity contribution in [1.82, 2.24) is 9.55 Å². The molecule has 0 saturated carbocycles. The predicted molar refractivity (Wildman–Crippen MR) is 82.5 cm³/mol. The zero-order chi connectivity index (χ0) is 15.1. The van der Waals surface area contributed by atoms with E-state index in [-0.39, 0.29) is 5.56 Å². The van der Waals surface area contributed by atoms with Crippen LogP contribution in [-0.4, -0.2) is 20.6 Å². The number of hydrogen-bond donors (Lipinski definition) is 1. The van der Waals surface area contributed by atoms with Crippen LogP contribution in [0, 0.1) is 13.8 Å². The Kier molecular flexibility index (Phi) is 3.18. The maximum Gasteiger partial charge on any atom is 0.335 e. The van der Waals surface area contributed by atoms with Gasteiger partial charge in [-0.15, -0.1) is 0 Å². The van der Waals surface area contributed by atoms with E-state index in [1.807, 2.05) is 36.6 Å². The lowest BCUT2D eigenvalue weighted by Crippen LogP contribution is -1.98. The third-order valence-corrected chi connectivity index (χ3v) is 3.89. The Balaban J connectivity index is 2.25. The van der Waals surface area contributed by atoms with Gasteiger partial charge in [-0.2, -0.15) is 0 Å². The first-order valence-electron chi connectivity index (χ1n) is 6.46. The summed E-state index contributed by atoms with van der Waals surface area (Å²) in [6.07, 6.45) is 0. The number of carboxylic acid groups (broad SMARTS) is 1. The monoisotopic (exact) mass is 300 g/mol. The molecular formula is C16H13ClN2O2. The van der Waals surface area contributed by atoms with E-state index in [2.05, 4.69) is 4.98 Å². The van der Waals surface area contributed by atoms with E-state index in [9.17, 15) is 4.79 Å². The van der Waals surface area contributed by atoms with E-state index in [0.29, 0.717) is 10.5 Å². The maximum absolute atomic E-state index is 11.0. The molecule has 106 valence electrons. The van der Waals surface area contributed by atoms with Gasteiger partial charge in [-0.25, -0.2) is 9.78 Å². The molecule has 3 rings (SSSR count). The van der Waals surface area contributed by atoms with Crippen molar-refractivity contribution >= 4 is 28.6 Å². The summed E-state index contributed by atoms with van der Waals surface area (Å²) >= 11 is 6.19. The number of aromatic carboxylic acids is 1. The molecule has 5 heteroatoms. The van der Waals surface area contributed by atoms with Gasteiger partial charge in [-0.1, -0.05) is 17.7 Å². The van der Waals surface area contributed by atoms with E-state index in [1.165, 1.54) is 0 Å². The van der Waals surface area contributed by atoms with Gasteiger partial charge >= 0.3 is 5.97 Å². The van der Waals surface area contributed by atoms with Crippen LogP contribution in [0.2, 0.25) is 5.02 Å². The summed E-state index contributed by atoms with van der Waals surface area (Å²) in [5, 5.41) is 9.74. The van der Waals surface area contributed by atoms with Gasteiger partial charge in [0.25, 0.3) is 0 Å². The number of carboxylic acids is 1. The lowest BCUT2D eigenvalue weighted by molar-refractivity contribution is 0.0697. The van der Waals surface area contributed by atoms with Crippen molar-refractivity contribution in [2.75, 3.05) is 0 Å². The van der Waals surface area contributed by atoms with Crippen LogP contribution in [0.4, 0.5) is 0 Å². The standard InChI is InChI=1S/C16H13ClN2O2/c1-9-3-5-12(8-13(9)17)19-10(2)18-14-7-11(16(20)21)4-6-15(14)19/h3-8H,1-2H3,(H,20,21). The zero-order valence-electron chi connectivity index (χ0n) is 11.6. The Morgan fingerprint density at radius 1 is 1.19 bits per heavy atom. The number of hydrogen-bond acceptors (Lipinski definition) is 2. The highest BCUT2D eigenvalue weighted by Crippen LogP contribution is 2.25. The summed E-state index contributed by atoms with van der Waals surface area (Å²) in [4.78, 5) is 15.5. The molecule has 0 fully saturated rings. The molecular weight excluding hydrogens is 288 g/mol. The average Bonchev–Trinajstić information content (AvgIpc) is 2.76. The summed E-state index contributed by atoms with van der Waals surface area (Å²) < 4.78 is 1.96. The smallest absolute Gasteiger partial charge is 0.335 e. The second-order valence-corrected chi connectivity index (χ2v) is 5.34. The number of benzene rings is 2. The van der Waals surface area contributed by atoms with Gasteiger partial charge < -0.3 is 5.11 Å². The number of rotatable bonds is 2. The van der Waals surface area contributed by atoms with Gasteiger partial charge in [-0.05, 0) is 49.7 Å². The number of halogens is 1. The van der Waals surface area contributed by atoms with Crippen molar-refractivity contribution < 1.29 is 9.90 Å². The van der Waals surface area contributed by atoms with Gasteiger partial charge in [0.15, 0.2) is 0 Å². The first kappa shape index (κ1) is 13.6. The molecule has 0 atom stereocenters. The van der Waals surface area contributed by atoms with Crippen molar-refractivity contribution in [3.8, 4) is 5.69 Å². The fraction of sp³-hybridized carbons (Fsp3) is 0.125. The summed E-state index contributed by atoms with van der Waals surface area (Å²) in [5.41, 5.74) is 3.67. The molecule has 0 saturated heterocycles. The molecule has 1 N–H and O–H groups in total. The molecule has 0 spiro atoms. The summed E-state index contributed by atoms with van der Waals surface area (Å²) in [5.74, 6) is -0.171. The molecule has 0 aliphatic carbocycles. The van der Waals surface area contributed by atoms with Gasteiger partial charge in [-0.3, -0.25) is 4.57 Å². The van der Waals surface area contributed by atoms with Gasteiger partial charge in [0.2, 0.25) is 0 Å². The second kappa shape index (κ2) is 4.90. The third kappa shape index (κ3) is 2.28. The minimum atomic E-state index is -0.956. The fourth-order valence-corrected chi connectivity index (χ4v) is 2.56. The molecule has 3 aromatic rings. The number of nitrogens with zero attached hydrogens (tertiary/aromatic N) is 2. The number of fused-ring (bicyclic) bond motifs is 1. The minimum absolute atomic E-state index is 0.231. The largest absolute Gasteiger partial charge is 0.478 e. The van der Waals surface area contributed by atoms with Crippen LogP contribution in [0.15, 0.2) is 36.4 Å². The molecule has 0 amide bonds. The Bertz CT molecular complexity index is 868. The van der Waals surface area contributed by atoms with Crippen molar-refractivity contribution in [1.29, 1.82) is 0 Å². The molecule has 0 aliphatic heterocycles. The first-order chi connectivity index (χ1) is 9.97. The predicted octanol–water partition coefficient (Wildman–Crippen LogP) is 3.99. The van der Waals surface area contributed by atoms with Crippen LogP contribution in [-0.2, 0) is 0 Å². The Morgan fingerprint density at radius 2 is 1.95 bits per heavy atom. The normalized spacial score (nSPS) is 11.0. The Hall–Kier alpha value is -2.33. The lowest BCUT2D eigenvalue weighted by Gasteiger charge is -2.08. The van der Waals surface area contributed by atoms with Crippen LogP contribution in [0.25, 0.3) is 16.7 Å². The van der Waals surface area contributed by atoms with Crippen molar-refractivity contribution in [3.63, 3.8) is 0 Å². The maximum atomic E-state index is 11.0. The van der Waals surface area contributed by atoms with Crippen LogP contribution < -0.4 is 0 Å². The number of imidazole rings is 1. The molecule has 0 aliphatic rings. The molecule has 0 radical (unpaired) electrons. The summed E-state index contributed by atoms with van der Waals surface area (Å²) in [6.45, 7) is 3.83. The highest BCUT2D eigenvalue weighted by atomic mass is 35.5. The number of aromatic nitrogens is 2. The highest BCUT2D eigenvalue weighted by molar-refractivity contribution is 6.31. The van der Waals surface area contributed by atoms with E-state index < -0.39 is 5.97 Å². The molecule has 21 heavy (non-hydrogen) atoms. The number of aryl methyl sites for hydroxylation is 2. The first-order valence-corrected chi connectivity index (χ1v) is 6.84. The van der Waals surface area contributed by atoms with Crippen molar-refractivity contribution in [2.24, 2.45) is 0 Å². The Morgan fingerprint density at radius 3 is 2.62 bits per heavy atom. The van der Waals surface area contributed by atoms with E-state index in [4.69, 9.17) is 16.7 Å². The summed E-state index contributed by atoms with van der Waals surface area (Å²) in [6, 6.07) is 10.7. The molecule has 4 nitrogen and oxygen atoms in total. The topological polar surface area (TPSA) is 55.1 Å². The van der Waals surface area contributed by atoms with Crippen LogP contribution in [0.5, 0.6) is 0 Å². The lowest BCUT2D eigenvalue weighted by atomic mass is 10.2. The van der Waals surface area contributed by atoms with E-state index >= 15 is 0 Å². The zero-order valence-corrected chi connectivity index (χ0v) is 12.3. The van der Waals surface area contributed by atoms with Crippen LogP contribution in [0.1, 0.15) is 21.7 Å². The third-order valence-electron chi connectivity index (χ3n) is 3.48. The highest BCUT2D eigenvalue weighted by Gasteiger charge is 2.12. The fourth-order valence-electron chi connectivity index (χ4n) is 2.38. The molecule has 0 bridgehead atoms. The number of carbonyl (C=O) groups is 1. The molecule has 1 aromatic heterocycles. The quantitative estimate of drug-likeness (QED) is 0.778. The molecule has 1 heterocycles.